The van der Waals surface area contributed by atoms with Crippen LogP contribution in [0.25, 0.3) is 0 Å². The molecule has 0 spiro atoms. The fourth-order valence-electron chi connectivity index (χ4n) is 1.29. The maximum atomic E-state index is 12.1. The monoisotopic (exact) mass is 348 g/mol. The first kappa shape index (κ1) is 15.7. The largest absolute Gasteiger partial charge is 0.465 e. The van der Waals surface area contributed by atoms with Crippen LogP contribution in [0.2, 0.25) is 0 Å². The van der Waals surface area contributed by atoms with E-state index in [2.05, 4.69) is 32.0 Å². The predicted molar refractivity (Wildman–Crippen MR) is 75.4 cm³/mol. The minimum atomic E-state index is -3.89. The van der Waals surface area contributed by atoms with Crippen molar-refractivity contribution in [3.05, 3.63) is 34.8 Å². The first-order valence-electron chi connectivity index (χ1n) is 5.08. The summed E-state index contributed by atoms with van der Waals surface area (Å²) in [6, 6.07) is 3.93. The number of hydrogen-bond acceptors (Lipinski definition) is 5. The summed E-state index contributed by atoms with van der Waals surface area (Å²) < 4.78 is 31.5. The molecule has 3 N–H and O–H groups in total. The maximum Gasteiger partial charge on any atom is 0.339 e. The number of anilines is 1. The Morgan fingerprint density at radius 3 is 2.68 bits per heavy atom. The summed E-state index contributed by atoms with van der Waals surface area (Å²) in [5.41, 5.74) is 5.70. The van der Waals surface area contributed by atoms with Crippen molar-refractivity contribution in [2.75, 3.05) is 19.4 Å². The smallest absolute Gasteiger partial charge is 0.339 e. The Bertz CT molecular complexity index is 613. The van der Waals surface area contributed by atoms with Gasteiger partial charge in [-0.3, -0.25) is 0 Å². The Labute approximate surface area is 119 Å². The Morgan fingerprint density at radius 2 is 2.16 bits per heavy atom. The van der Waals surface area contributed by atoms with Crippen molar-refractivity contribution in [2.24, 2.45) is 0 Å². The molecule has 0 aromatic heterocycles. The Kier molecular flexibility index (Phi) is 5.10. The standard InChI is InChI=1S/C11H13BrN2O4S/c1-7(12)6-14-19(16,17)10-5-8(13)3-4-9(10)11(15)18-2/h3-5,14H,1,6,13H2,2H3. The minimum Gasteiger partial charge on any atom is -0.465 e. The molecule has 0 aliphatic heterocycles. The van der Waals surface area contributed by atoms with Gasteiger partial charge in [0.05, 0.1) is 17.6 Å². The van der Waals surface area contributed by atoms with Gasteiger partial charge in [0.2, 0.25) is 10.0 Å². The van der Waals surface area contributed by atoms with E-state index in [0.29, 0.717) is 4.48 Å². The van der Waals surface area contributed by atoms with Crippen LogP contribution in [-0.4, -0.2) is 28.0 Å². The SMILES string of the molecule is C=C(Br)CNS(=O)(=O)c1cc(N)ccc1C(=O)OC. The Morgan fingerprint density at radius 1 is 1.53 bits per heavy atom. The molecule has 1 aromatic rings. The third-order valence-corrected chi connectivity index (χ3v) is 3.88. The lowest BCUT2D eigenvalue weighted by molar-refractivity contribution is 0.0596. The molecule has 0 atom stereocenters. The molecular formula is C11H13BrN2O4S. The summed E-state index contributed by atoms with van der Waals surface area (Å²) in [6.45, 7) is 3.51. The summed E-state index contributed by atoms with van der Waals surface area (Å²) >= 11 is 3.04. The van der Waals surface area contributed by atoms with Gasteiger partial charge in [0, 0.05) is 16.7 Å². The molecule has 8 heteroatoms. The van der Waals surface area contributed by atoms with Crippen molar-refractivity contribution in [2.45, 2.75) is 4.90 Å². The topological polar surface area (TPSA) is 98.5 Å². The minimum absolute atomic E-state index is 0.00224. The summed E-state index contributed by atoms with van der Waals surface area (Å²) in [7, 11) is -2.72. The molecule has 0 unspecified atom stereocenters. The van der Waals surface area contributed by atoms with E-state index in [1.54, 1.807) is 0 Å². The molecule has 104 valence electrons. The number of nitrogens with two attached hydrogens (primary N) is 1. The average molecular weight is 349 g/mol. The molecule has 1 rings (SSSR count). The molecule has 6 nitrogen and oxygen atoms in total. The molecule has 0 heterocycles. The van der Waals surface area contributed by atoms with Gasteiger partial charge < -0.3 is 10.5 Å². The number of methoxy groups -OCH3 is 1. The number of esters is 1. The highest BCUT2D eigenvalue weighted by Gasteiger charge is 2.23. The summed E-state index contributed by atoms with van der Waals surface area (Å²) in [4.78, 5) is 11.3. The molecule has 0 aliphatic carbocycles. The van der Waals surface area contributed by atoms with Gasteiger partial charge in [-0.25, -0.2) is 17.9 Å². The number of carbonyl (C=O) groups is 1. The highest BCUT2D eigenvalue weighted by Crippen LogP contribution is 2.20. The van der Waals surface area contributed by atoms with Gasteiger partial charge in [0.15, 0.2) is 0 Å². The number of nitrogens with one attached hydrogen (secondary N) is 1. The van der Waals surface area contributed by atoms with Crippen molar-refractivity contribution >= 4 is 37.6 Å². The van der Waals surface area contributed by atoms with Gasteiger partial charge >= 0.3 is 5.97 Å². The van der Waals surface area contributed by atoms with Gasteiger partial charge in [-0.2, -0.15) is 0 Å². The van der Waals surface area contributed by atoms with E-state index in [1.807, 2.05) is 0 Å². The number of ether oxygens (including phenoxy) is 1. The molecule has 0 amide bonds. The van der Waals surface area contributed by atoms with Crippen LogP contribution in [0.3, 0.4) is 0 Å². The van der Waals surface area contributed by atoms with E-state index in [1.165, 1.54) is 25.3 Å². The molecule has 19 heavy (non-hydrogen) atoms. The number of benzene rings is 1. The van der Waals surface area contributed by atoms with Crippen molar-refractivity contribution < 1.29 is 17.9 Å². The fraction of sp³-hybridized carbons (Fsp3) is 0.182. The van der Waals surface area contributed by atoms with E-state index in [-0.39, 0.29) is 22.7 Å². The lowest BCUT2D eigenvalue weighted by atomic mass is 10.2. The number of rotatable bonds is 5. The third kappa shape index (κ3) is 4.05. The first-order valence-corrected chi connectivity index (χ1v) is 7.36. The van der Waals surface area contributed by atoms with E-state index < -0.39 is 16.0 Å². The van der Waals surface area contributed by atoms with Crippen LogP contribution >= 0.6 is 15.9 Å². The number of sulfonamides is 1. The molecule has 0 bridgehead atoms. The molecule has 1 aromatic carbocycles. The van der Waals surface area contributed by atoms with Gasteiger partial charge in [-0.1, -0.05) is 22.5 Å². The van der Waals surface area contributed by atoms with E-state index in [4.69, 9.17) is 5.73 Å². The Balaban J connectivity index is 3.27. The van der Waals surface area contributed by atoms with Crippen molar-refractivity contribution in [1.29, 1.82) is 0 Å². The van der Waals surface area contributed by atoms with Gasteiger partial charge in [0.25, 0.3) is 0 Å². The van der Waals surface area contributed by atoms with Gasteiger partial charge in [-0.05, 0) is 18.2 Å². The zero-order valence-corrected chi connectivity index (χ0v) is 12.5. The van der Waals surface area contributed by atoms with E-state index in [0.717, 1.165) is 0 Å². The van der Waals surface area contributed by atoms with Crippen LogP contribution in [0.4, 0.5) is 5.69 Å². The fourth-order valence-corrected chi connectivity index (χ4v) is 2.87. The molecular weight excluding hydrogens is 336 g/mol. The maximum absolute atomic E-state index is 12.1. The predicted octanol–water partition coefficient (Wildman–Crippen LogP) is 1.24. The number of nitrogen functional groups attached to an aromatic ring is 1. The highest BCUT2D eigenvalue weighted by atomic mass is 79.9. The second-order valence-electron chi connectivity index (χ2n) is 3.59. The summed E-state index contributed by atoms with van der Waals surface area (Å²) in [5.74, 6) is -0.752. The summed E-state index contributed by atoms with van der Waals surface area (Å²) in [6.07, 6.45) is 0. The first-order chi connectivity index (χ1) is 8.77. The number of halogens is 1. The quantitative estimate of drug-likeness (QED) is 0.616. The Hall–Kier alpha value is -1.38. The van der Waals surface area contributed by atoms with Crippen molar-refractivity contribution in [1.82, 2.24) is 4.72 Å². The number of carbonyl (C=O) groups excluding carboxylic acids is 1. The van der Waals surface area contributed by atoms with Crippen molar-refractivity contribution in [3.8, 4) is 0 Å². The van der Waals surface area contributed by atoms with E-state index >= 15 is 0 Å². The highest BCUT2D eigenvalue weighted by molar-refractivity contribution is 9.11. The van der Waals surface area contributed by atoms with Crippen LogP contribution in [0, 0.1) is 0 Å². The van der Waals surface area contributed by atoms with Crippen LogP contribution in [0.15, 0.2) is 34.2 Å². The average Bonchev–Trinajstić information content (AvgIpc) is 2.35. The zero-order valence-electron chi connectivity index (χ0n) is 10.1. The molecule has 0 saturated heterocycles. The third-order valence-electron chi connectivity index (χ3n) is 2.15. The van der Waals surface area contributed by atoms with Gasteiger partial charge in [0.1, 0.15) is 0 Å². The second kappa shape index (κ2) is 6.18. The van der Waals surface area contributed by atoms with Crippen LogP contribution in [0.1, 0.15) is 10.4 Å². The normalized spacial score (nSPS) is 11.1. The molecule has 0 radical (unpaired) electrons. The van der Waals surface area contributed by atoms with Crippen molar-refractivity contribution in [3.63, 3.8) is 0 Å². The van der Waals surface area contributed by atoms with E-state index in [9.17, 15) is 13.2 Å². The van der Waals surface area contributed by atoms with Crippen LogP contribution in [-0.2, 0) is 14.8 Å². The zero-order chi connectivity index (χ0) is 14.6. The van der Waals surface area contributed by atoms with Crippen LogP contribution in [0.5, 0.6) is 0 Å². The van der Waals surface area contributed by atoms with Crippen LogP contribution < -0.4 is 10.5 Å². The number of hydrogen-bond donors (Lipinski definition) is 2. The summed E-state index contributed by atoms with van der Waals surface area (Å²) in [5, 5.41) is 0. The van der Waals surface area contributed by atoms with Gasteiger partial charge in [-0.15, -0.1) is 0 Å². The molecule has 0 aliphatic rings. The lowest BCUT2D eigenvalue weighted by Gasteiger charge is -2.10. The molecule has 0 fully saturated rings. The second-order valence-corrected chi connectivity index (χ2v) is 6.45. The lowest BCUT2D eigenvalue weighted by Crippen LogP contribution is -2.26. The molecule has 0 saturated carbocycles.